The molecule has 0 aliphatic carbocycles. The number of pyridine rings is 2. The van der Waals surface area contributed by atoms with E-state index < -0.39 is 30.2 Å². The monoisotopic (exact) mass is 416 g/mol. The topological polar surface area (TPSA) is 107 Å². The maximum absolute atomic E-state index is 13.4. The fourth-order valence-electron chi connectivity index (χ4n) is 2.56. The van der Waals surface area contributed by atoms with Gasteiger partial charge in [-0.3, -0.25) is 19.6 Å². The molecule has 0 spiro atoms. The summed E-state index contributed by atoms with van der Waals surface area (Å²) in [6.07, 6.45) is 0.658. The number of nitrogens with zero attached hydrogens (tertiary/aromatic N) is 2. The average molecular weight is 416 g/mol. The highest BCUT2D eigenvalue weighted by Gasteiger charge is 2.33. The van der Waals surface area contributed by atoms with E-state index in [1.54, 1.807) is 6.07 Å². The highest BCUT2D eigenvalue weighted by molar-refractivity contribution is 6.04. The molecule has 0 fully saturated rings. The van der Waals surface area contributed by atoms with Crippen molar-refractivity contribution < 1.29 is 27.5 Å². The number of rotatable bonds is 6. The van der Waals surface area contributed by atoms with E-state index in [2.05, 4.69) is 15.3 Å². The smallest absolute Gasteiger partial charge is 0.416 e. The number of primary amides is 1. The molecule has 7 nitrogen and oxygen atoms in total. The van der Waals surface area contributed by atoms with Crippen molar-refractivity contribution in [2.24, 2.45) is 5.73 Å². The van der Waals surface area contributed by atoms with Crippen molar-refractivity contribution in [2.45, 2.75) is 12.8 Å². The summed E-state index contributed by atoms with van der Waals surface area (Å²) in [7, 11) is 0. The van der Waals surface area contributed by atoms with Crippen molar-refractivity contribution in [1.29, 1.82) is 0 Å². The van der Waals surface area contributed by atoms with E-state index in [4.69, 9.17) is 10.5 Å². The van der Waals surface area contributed by atoms with E-state index in [0.717, 1.165) is 12.1 Å². The van der Waals surface area contributed by atoms with Crippen LogP contribution < -0.4 is 15.8 Å². The van der Waals surface area contributed by atoms with Gasteiger partial charge in [0.25, 0.3) is 5.91 Å². The number of nitrogens with two attached hydrogens (primary N) is 1. The number of alkyl halides is 3. The van der Waals surface area contributed by atoms with E-state index >= 15 is 0 Å². The molecule has 2 heterocycles. The first kappa shape index (κ1) is 20.8. The number of benzene rings is 1. The Hall–Kier alpha value is -3.95. The molecule has 0 aliphatic heterocycles. The summed E-state index contributed by atoms with van der Waals surface area (Å²) in [5.74, 6) is -1.19. The van der Waals surface area contributed by atoms with Gasteiger partial charge in [0.05, 0.1) is 22.9 Å². The summed E-state index contributed by atoms with van der Waals surface area (Å²) in [6.45, 7) is -0.477. The van der Waals surface area contributed by atoms with Crippen LogP contribution in [0.1, 0.15) is 31.8 Å². The van der Waals surface area contributed by atoms with Gasteiger partial charge in [0.1, 0.15) is 12.4 Å². The third-order valence-electron chi connectivity index (χ3n) is 3.98. The molecule has 1 aromatic carbocycles. The van der Waals surface area contributed by atoms with Crippen LogP contribution in [0.3, 0.4) is 0 Å². The van der Waals surface area contributed by atoms with Crippen LogP contribution in [-0.2, 0) is 12.8 Å². The van der Waals surface area contributed by atoms with Crippen molar-refractivity contribution in [3.63, 3.8) is 0 Å². The predicted octanol–water partition coefficient (Wildman–Crippen LogP) is 3.43. The summed E-state index contributed by atoms with van der Waals surface area (Å²) in [5, 5.41) is 2.52. The van der Waals surface area contributed by atoms with Crippen LogP contribution in [0.25, 0.3) is 0 Å². The molecule has 3 N–H and O–H groups in total. The van der Waals surface area contributed by atoms with Gasteiger partial charge in [-0.2, -0.15) is 13.2 Å². The van der Waals surface area contributed by atoms with Crippen LogP contribution in [0, 0.1) is 0 Å². The predicted molar refractivity (Wildman–Crippen MR) is 101 cm³/mol. The number of carbonyl (C=O) groups is 2. The maximum atomic E-state index is 13.4. The molecule has 154 valence electrons. The molecule has 0 bridgehead atoms. The molecule has 2 amide bonds. The van der Waals surface area contributed by atoms with E-state index in [1.165, 1.54) is 43.0 Å². The van der Waals surface area contributed by atoms with E-state index in [9.17, 15) is 22.8 Å². The Morgan fingerprint density at radius 1 is 1.03 bits per heavy atom. The van der Waals surface area contributed by atoms with Crippen molar-refractivity contribution >= 4 is 17.5 Å². The van der Waals surface area contributed by atoms with Gasteiger partial charge in [-0.05, 0) is 36.4 Å². The van der Waals surface area contributed by atoms with E-state index in [0.29, 0.717) is 0 Å². The van der Waals surface area contributed by atoms with Crippen LogP contribution in [0.4, 0.5) is 18.9 Å². The largest absolute Gasteiger partial charge is 0.487 e. The van der Waals surface area contributed by atoms with Crippen molar-refractivity contribution in [1.82, 2.24) is 9.97 Å². The number of nitrogens with one attached hydrogen (secondary N) is 1. The fourth-order valence-corrected chi connectivity index (χ4v) is 2.56. The van der Waals surface area contributed by atoms with Crippen LogP contribution in [-0.4, -0.2) is 21.8 Å². The highest BCUT2D eigenvalue weighted by Crippen LogP contribution is 2.34. The zero-order valence-corrected chi connectivity index (χ0v) is 15.3. The van der Waals surface area contributed by atoms with Gasteiger partial charge in [-0.25, -0.2) is 0 Å². The Kier molecular flexibility index (Phi) is 5.95. The first-order valence-electron chi connectivity index (χ1n) is 8.53. The Morgan fingerprint density at radius 2 is 1.80 bits per heavy atom. The first-order valence-corrected chi connectivity index (χ1v) is 8.53. The number of hydrogen-bond donors (Lipinski definition) is 2. The summed E-state index contributed by atoms with van der Waals surface area (Å²) in [5.41, 5.74) is 4.49. The van der Waals surface area contributed by atoms with Gasteiger partial charge < -0.3 is 15.8 Å². The number of anilines is 1. The molecular weight excluding hydrogens is 401 g/mol. The molecule has 0 aliphatic rings. The Bertz CT molecular complexity index is 1070. The van der Waals surface area contributed by atoms with Gasteiger partial charge in [0, 0.05) is 29.8 Å². The molecular formula is C20H15F3N4O3. The fraction of sp³-hybridized carbons (Fsp3) is 0.100. The summed E-state index contributed by atoms with van der Waals surface area (Å²) in [4.78, 5) is 31.0. The molecule has 0 saturated heterocycles. The van der Waals surface area contributed by atoms with Crippen LogP contribution >= 0.6 is 0 Å². The minimum absolute atomic E-state index is 0.0565. The normalized spacial score (nSPS) is 11.0. The van der Waals surface area contributed by atoms with Crippen molar-refractivity contribution in [2.75, 3.05) is 5.32 Å². The third-order valence-corrected chi connectivity index (χ3v) is 3.98. The molecule has 10 heteroatoms. The lowest BCUT2D eigenvalue weighted by molar-refractivity contribution is -0.138. The second kappa shape index (κ2) is 8.60. The van der Waals surface area contributed by atoms with Gasteiger partial charge in [-0.15, -0.1) is 0 Å². The number of hydrogen-bond acceptors (Lipinski definition) is 5. The number of halogens is 3. The molecule has 0 atom stereocenters. The van der Waals surface area contributed by atoms with Gasteiger partial charge in [0.15, 0.2) is 0 Å². The lowest BCUT2D eigenvalue weighted by Gasteiger charge is -2.16. The van der Waals surface area contributed by atoms with Crippen LogP contribution in [0.2, 0.25) is 0 Å². The van der Waals surface area contributed by atoms with Gasteiger partial charge in [-0.1, -0.05) is 0 Å². The zero-order chi connectivity index (χ0) is 21.7. The Morgan fingerprint density at radius 3 is 2.47 bits per heavy atom. The SMILES string of the molecule is NC(=O)c1cncc(OCc2cc(NC(=O)c3cccnc3)ccc2C(F)(F)F)c1. The average Bonchev–Trinajstić information content (AvgIpc) is 2.72. The number of carbonyl (C=O) groups excluding carboxylic acids is 2. The molecule has 0 radical (unpaired) electrons. The number of aromatic nitrogens is 2. The van der Waals surface area contributed by atoms with Crippen molar-refractivity contribution in [3.05, 3.63) is 83.4 Å². The molecule has 3 rings (SSSR count). The zero-order valence-electron chi connectivity index (χ0n) is 15.3. The standard InChI is InChI=1S/C20H15F3N4O3/c21-20(22,23)17-4-3-15(27-19(29)12-2-1-5-25-8-12)6-14(17)11-30-16-7-13(18(24)28)9-26-10-16/h1-10H,11H2,(H2,24,28)(H,27,29). The van der Waals surface area contributed by atoms with Crippen molar-refractivity contribution in [3.8, 4) is 5.75 Å². The summed E-state index contributed by atoms with van der Waals surface area (Å²) < 4.78 is 45.5. The highest BCUT2D eigenvalue weighted by atomic mass is 19.4. The number of ether oxygens (including phenoxy) is 1. The minimum Gasteiger partial charge on any atom is -0.487 e. The molecule has 30 heavy (non-hydrogen) atoms. The van der Waals surface area contributed by atoms with E-state index in [1.807, 2.05) is 0 Å². The Balaban J connectivity index is 1.84. The quantitative estimate of drug-likeness (QED) is 0.640. The minimum atomic E-state index is -4.63. The molecule has 2 aromatic heterocycles. The lowest BCUT2D eigenvalue weighted by Crippen LogP contribution is -2.15. The van der Waals surface area contributed by atoms with Crippen LogP contribution in [0.5, 0.6) is 5.75 Å². The summed E-state index contributed by atoms with van der Waals surface area (Å²) >= 11 is 0. The molecule has 3 aromatic rings. The third kappa shape index (κ3) is 5.10. The number of amides is 2. The molecule has 0 unspecified atom stereocenters. The second-order valence-corrected chi connectivity index (χ2v) is 6.13. The lowest BCUT2D eigenvalue weighted by atomic mass is 10.1. The van der Waals surface area contributed by atoms with E-state index in [-0.39, 0.29) is 28.1 Å². The summed E-state index contributed by atoms with van der Waals surface area (Å²) in [6, 6.07) is 7.54. The maximum Gasteiger partial charge on any atom is 0.416 e. The second-order valence-electron chi connectivity index (χ2n) is 6.13. The van der Waals surface area contributed by atoms with Gasteiger partial charge >= 0.3 is 6.18 Å². The Labute approximate surface area is 168 Å². The molecule has 0 saturated carbocycles. The van der Waals surface area contributed by atoms with Crippen LogP contribution in [0.15, 0.2) is 61.2 Å². The first-order chi connectivity index (χ1) is 14.2. The van der Waals surface area contributed by atoms with Gasteiger partial charge in [0.2, 0.25) is 5.91 Å².